The van der Waals surface area contributed by atoms with Crippen molar-refractivity contribution in [2.75, 3.05) is 29.2 Å². The third-order valence-electron chi connectivity index (χ3n) is 4.06. The third kappa shape index (κ3) is 4.14. The van der Waals surface area contributed by atoms with Gasteiger partial charge in [-0.05, 0) is 42.2 Å². The predicted molar refractivity (Wildman–Crippen MR) is 104 cm³/mol. The molecule has 0 aliphatic heterocycles. The average Bonchev–Trinajstić information content (AvgIpc) is 2.60. The van der Waals surface area contributed by atoms with Crippen molar-refractivity contribution in [2.45, 2.75) is 19.8 Å². The second kappa shape index (κ2) is 8.16. The summed E-state index contributed by atoms with van der Waals surface area (Å²) in [6, 6.07) is 16.6. The van der Waals surface area contributed by atoms with Crippen LogP contribution in [0.1, 0.15) is 18.1 Å². The topological polar surface area (TPSA) is 30.3 Å². The van der Waals surface area contributed by atoms with Crippen molar-refractivity contribution in [1.29, 1.82) is 5.41 Å². The van der Waals surface area contributed by atoms with Crippen molar-refractivity contribution in [3.8, 4) is 0 Å². The van der Waals surface area contributed by atoms with Crippen LogP contribution in [0.15, 0.2) is 48.5 Å². The van der Waals surface area contributed by atoms with Crippen molar-refractivity contribution < 1.29 is 0 Å². The lowest BCUT2D eigenvalue weighted by Crippen LogP contribution is -2.40. The summed E-state index contributed by atoms with van der Waals surface area (Å²) in [5.74, 6) is 0.459. The highest BCUT2D eigenvalue weighted by atomic mass is 79.9. The Morgan fingerprint density at radius 3 is 2.48 bits per heavy atom. The number of halogens is 1. The lowest BCUT2D eigenvalue weighted by atomic mass is 10.1. The summed E-state index contributed by atoms with van der Waals surface area (Å²) in [5.41, 5.74) is 4.64. The fourth-order valence-corrected chi connectivity index (χ4v) is 3.02. The van der Waals surface area contributed by atoms with E-state index in [0.29, 0.717) is 5.96 Å². The van der Waals surface area contributed by atoms with Gasteiger partial charge in [-0.1, -0.05) is 53.2 Å². The molecule has 0 unspecified atom stereocenters. The minimum absolute atomic E-state index is 0.459. The summed E-state index contributed by atoms with van der Waals surface area (Å²) in [5, 5.41) is 9.49. The second-order valence-electron chi connectivity index (χ2n) is 5.53. The van der Waals surface area contributed by atoms with Crippen molar-refractivity contribution in [3.63, 3.8) is 0 Å². The number of para-hydroxylation sites is 1. The van der Waals surface area contributed by atoms with Crippen LogP contribution in [-0.2, 0) is 12.8 Å². The molecule has 122 valence electrons. The van der Waals surface area contributed by atoms with Gasteiger partial charge in [0.25, 0.3) is 0 Å². The maximum Gasteiger partial charge on any atom is 0.202 e. The maximum absolute atomic E-state index is 8.57. The van der Waals surface area contributed by atoms with Crippen LogP contribution >= 0.6 is 15.9 Å². The number of benzene rings is 2. The van der Waals surface area contributed by atoms with E-state index >= 15 is 0 Å². The molecule has 0 spiro atoms. The molecule has 0 bridgehead atoms. The third-order valence-corrected chi connectivity index (χ3v) is 4.45. The van der Waals surface area contributed by atoms with E-state index in [1.807, 2.05) is 42.1 Å². The summed E-state index contributed by atoms with van der Waals surface area (Å²) < 4.78 is 0. The molecule has 0 saturated heterocycles. The molecule has 0 aromatic heterocycles. The molecular formula is C19H24BrN3. The molecule has 0 radical (unpaired) electrons. The number of aryl methyl sites for hydroxylation is 2. The molecule has 1 N–H and O–H groups in total. The molecule has 0 atom stereocenters. The van der Waals surface area contributed by atoms with Crippen LogP contribution < -0.4 is 9.80 Å². The summed E-state index contributed by atoms with van der Waals surface area (Å²) in [6.45, 7) is 2.15. The van der Waals surface area contributed by atoms with Gasteiger partial charge in [-0.2, -0.15) is 0 Å². The van der Waals surface area contributed by atoms with E-state index in [4.69, 9.17) is 5.41 Å². The van der Waals surface area contributed by atoms with Gasteiger partial charge in [0.05, 0.1) is 0 Å². The maximum atomic E-state index is 8.57. The molecule has 2 rings (SSSR count). The molecule has 0 heterocycles. The van der Waals surface area contributed by atoms with E-state index in [1.165, 1.54) is 11.1 Å². The predicted octanol–water partition coefficient (Wildman–Crippen LogP) is 4.69. The van der Waals surface area contributed by atoms with E-state index in [0.717, 1.165) is 29.5 Å². The molecule has 0 saturated carbocycles. The normalized spacial score (nSPS) is 10.4. The van der Waals surface area contributed by atoms with Crippen LogP contribution in [0.3, 0.4) is 0 Å². The van der Waals surface area contributed by atoms with E-state index in [2.05, 4.69) is 53.2 Å². The quantitative estimate of drug-likeness (QED) is 0.467. The lowest BCUT2D eigenvalue weighted by molar-refractivity contribution is 1.07. The van der Waals surface area contributed by atoms with Crippen LogP contribution in [0.2, 0.25) is 0 Å². The highest BCUT2D eigenvalue weighted by Crippen LogP contribution is 2.23. The number of rotatable bonds is 5. The fraction of sp³-hybridized carbons (Fsp3) is 0.316. The SMILES string of the molecule is CCc1cccc(N(C)C(=N)N(C)c2ccccc2CCBr)c1. The van der Waals surface area contributed by atoms with Gasteiger partial charge in [0, 0.05) is 30.8 Å². The van der Waals surface area contributed by atoms with Gasteiger partial charge in [0.1, 0.15) is 0 Å². The monoisotopic (exact) mass is 373 g/mol. The minimum atomic E-state index is 0.459. The largest absolute Gasteiger partial charge is 0.316 e. The zero-order valence-corrected chi connectivity index (χ0v) is 15.6. The highest BCUT2D eigenvalue weighted by Gasteiger charge is 2.16. The number of hydrogen-bond acceptors (Lipinski definition) is 1. The van der Waals surface area contributed by atoms with Gasteiger partial charge in [-0.3, -0.25) is 5.41 Å². The molecule has 0 aliphatic rings. The molecule has 0 fully saturated rings. The van der Waals surface area contributed by atoms with Crippen LogP contribution in [0.25, 0.3) is 0 Å². The Kier molecular flexibility index (Phi) is 6.22. The van der Waals surface area contributed by atoms with Gasteiger partial charge >= 0.3 is 0 Å². The van der Waals surface area contributed by atoms with Crippen molar-refractivity contribution in [3.05, 3.63) is 59.7 Å². The molecule has 4 heteroatoms. The van der Waals surface area contributed by atoms with E-state index in [9.17, 15) is 0 Å². The first-order valence-electron chi connectivity index (χ1n) is 7.87. The summed E-state index contributed by atoms with van der Waals surface area (Å²) in [4.78, 5) is 3.86. The number of anilines is 2. The lowest BCUT2D eigenvalue weighted by Gasteiger charge is -2.29. The Hall–Kier alpha value is -1.81. The Morgan fingerprint density at radius 2 is 1.78 bits per heavy atom. The van der Waals surface area contributed by atoms with Gasteiger partial charge < -0.3 is 9.80 Å². The Balaban J connectivity index is 2.25. The molecular weight excluding hydrogens is 350 g/mol. The molecule has 0 amide bonds. The average molecular weight is 374 g/mol. The summed E-state index contributed by atoms with van der Waals surface area (Å²) in [7, 11) is 3.90. The second-order valence-corrected chi connectivity index (χ2v) is 6.33. The molecule has 2 aromatic carbocycles. The number of alkyl halides is 1. The van der Waals surface area contributed by atoms with Crippen LogP contribution in [0.4, 0.5) is 11.4 Å². The number of nitrogens with zero attached hydrogens (tertiary/aromatic N) is 2. The van der Waals surface area contributed by atoms with Gasteiger partial charge in [-0.15, -0.1) is 0 Å². The van der Waals surface area contributed by atoms with E-state index in [1.54, 1.807) is 0 Å². The van der Waals surface area contributed by atoms with Crippen molar-refractivity contribution in [2.24, 2.45) is 0 Å². The van der Waals surface area contributed by atoms with Gasteiger partial charge in [-0.25, -0.2) is 0 Å². The van der Waals surface area contributed by atoms with Crippen LogP contribution in [0, 0.1) is 5.41 Å². The molecule has 23 heavy (non-hydrogen) atoms. The first-order chi connectivity index (χ1) is 11.1. The Labute approximate surface area is 147 Å². The zero-order chi connectivity index (χ0) is 16.8. The van der Waals surface area contributed by atoms with Gasteiger partial charge in [0.15, 0.2) is 0 Å². The Bertz CT molecular complexity index is 669. The first kappa shape index (κ1) is 17.5. The van der Waals surface area contributed by atoms with Crippen molar-refractivity contribution in [1.82, 2.24) is 0 Å². The standard InChI is InChI=1S/C19H24BrN3/c1-4-15-8-7-10-17(14-15)22(2)19(21)23(3)18-11-6-5-9-16(18)12-13-20/h5-11,14,21H,4,12-13H2,1-3H3. The highest BCUT2D eigenvalue weighted by molar-refractivity contribution is 9.09. The Morgan fingerprint density at radius 1 is 1.04 bits per heavy atom. The molecule has 0 aliphatic carbocycles. The zero-order valence-electron chi connectivity index (χ0n) is 14.0. The fourth-order valence-electron chi connectivity index (χ4n) is 2.60. The van der Waals surface area contributed by atoms with Crippen LogP contribution in [-0.4, -0.2) is 25.4 Å². The summed E-state index contributed by atoms with van der Waals surface area (Å²) >= 11 is 3.51. The molecule has 3 nitrogen and oxygen atoms in total. The van der Waals surface area contributed by atoms with Crippen molar-refractivity contribution >= 4 is 33.3 Å². The minimum Gasteiger partial charge on any atom is -0.316 e. The first-order valence-corrected chi connectivity index (χ1v) is 8.99. The summed E-state index contributed by atoms with van der Waals surface area (Å²) in [6.07, 6.45) is 1.95. The van der Waals surface area contributed by atoms with E-state index < -0.39 is 0 Å². The number of nitrogens with one attached hydrogen (secondary N) is 1. The van der Waals surface area contributed by atoms with Gasteiger partial charge in [0.2, 0.25) is 5.96 Å². The number of hydrogen-bond donors (Lipinski definition) is 1. The molecule has 2 aromatic rings. The number of guanidine groups is 1. The van der Waals surface area contributed by atoms with Crippen LogP contribution in [0.5, 0.6) is 0 Å². The smallest absolute Gasteiger partial charge is 0.202 e. The van der Waals surface area contributed by atoms with E-state index in [-0.39, 0.29) is 0 Å².